The van der Waals surface area contributed by atoms with E-state index >= 15 is 0 Å². The lowest BCUT2D eigenvalue weighted by Gasteiger charge is -2.40. The molecule has 1 atom stereocenters. The second kappa shape index (κ2) is 11.9. The Hall–Kier alpha value is -3.84. The Morgan fingerprint density at radius 1 is 1.03 bits per heavy atom. The first-order valence-corrected chi connectivity index (χ1v) is 13.2. The average Bonchev–Trinajstić information content (AvgIpc) is 3.30. The molecule has 0 fully saturated rings. The minimum absolute atomic E-state index is 0.0154. The molecule has 2 N–H and O–H groups in total. The summed E-state index contributed by atoms with van der Waals surface area (Å²) in [6.07, 6.45) is 2.87. The third-order valence-corrected chi connectivity index (χ3v) is 6.77. The molecule has 0 aliphatic heterocycles. The minimum atomic E-state index is -0.584. The molecule has 0 spiro atoms. The van der Waals surface area contributed by atoms with Crippen molar-refractivity contribution in [2.75, 3.05) is 13.1 Å². The van der Waals surface area contributed by atoms with Crippen molar-refractivity contribution in [1.82, 2.24) is 14.7 Å². The summed E-state index contributed by atoms with van der Waals surface area (Å²) in [6, 6.07) is 20.2. The number of halogens is 2. The number of hydrogen-bond acceptors (Lipinski definition) is 3. The molecular weight excluding hydrogens is 494 g/mol. The lowest BCUT2D eigenvalue weighted by atomic mass is 9.81. The molecule has 1 aromatic heterocycles. The molecule has 4 rings (SSSR count). The number of benzene rings is 3. The van der Waals surface area contributed by atoms with Gasteiger partial charge in [0.15, 0.2) is 0 Å². The van der Waals surface area contributed by atoms with E-state index in [4.69, 9.17) is 10.8 Å². The van der Waals surface area contributed by atoms with Crippen LogP contribution in [0.3, 0.4) is 0 Å². The fourth-order valence-corrected chi connectivity index (χ4v) is 4.89. The summed E-state index contributed by atoms with van der Waals surface area (Å²) >= 11 is 0. The molecule has 0 radical (unpaired) electrons. The van der Waals surface area contributed by atoms with E-state index in [0.29, 0.717) is 37.2 Å². The van der Waals surface area contributed by atoms with E-state index < -0.39 is 23.1 Å². The molecule has 1 amide bonds. The largest absolute Gasteiger partial charge is 0.330 e. The van der Waals surface area contributed by atoms with Crippen molar-refractivity contribution in [1.29, 1.82) is 0 Å². The van der Waals surface area contributed by atoms with Crippen LogP contribution in [0.5, 0.6) is 0 Å². The van der Waals surface area contributed by atoms with Crippen LogP contribution in [0.2, 0.25) is 0 Å². The molecule has 39 heavy (non-hydrogen) atoms. The fraction of sp³-hybridized carbons (Fsp3) is 0.312. The number of aryl methyl sites for hydroxylation is 1. The third-order valence-electron chi connectivity index (χ3n) is 6.77. The highest BCUT2D eigenvalue weighted by Gasteiger charge is 2.38. The summed E-state index contributed by atoms with van der Waals surface area (Å²) < 4.78 is 30.4. The van der Waals surface area contributed by atoms with Crippen molar-refractivity contribution in [2.45, 2.75) is 46.6 Å². The van der Waals surface area contributed by atoms with Crippen molar-refractivity contribution in [3.8, 4) is 5.69 Å². The smallest absolute Gasteiger partial charge is 0.254 e. The maximum Gasteiger partial charge on any atom is 0.254 e. The van der Waals surface area contributed by atoms with Gasteiger partial charge in [-0.25, -0.2) is 13.5 Å². The van der Waals surface area contributed by atoms with Gasteiger partial charge >= 0.3 is 0 Å². The lowest BCUT2D eigenvalue weighted by Crippen LogP contribution is -2.43. The zero-order valence-corrected chi connectivity index (χ0v) is 23.0. The normalized spacial score (nSPS) is 12.4. The fourth-order valence-electron chi connectivity index (χ4n) is 4.89. The maximum absolute atomic E-state index is 14.9. The van der Waals surface area contributed by atoms with Crippen molar-refractivity contribution < 1.29 is 13.6 Å². The van der Waals surface area contributed by atoms with E-state index in [9.17, 15) is 13.6 Å². The number of carbonyl (C=O) groups excluding carboxylic acids is 1. The number of amides is 1. The molecule has 4 aromatic rings. The standard InChI is InChI=1S/C32H36F2N4O/c1-22-11-13-24(14-12-22)31(39)37(18-8-17-35)30(32(2,3)4)29-25(19-23-9-6-5-7-10-23)21-38(36-29)28-20-26(33)15-16-27(28)34/h5-7,9-16,20-21,30H,8,17-19,35H2,1-4H3/t30-/m0/s1. The first-order chi connectivity index (χ1) is 18.6. The molecule has 0 aliphatic carbocycles. The van der Waals surface area contributed by atoms with Crippen molar-refractivity contribution >= 4 is 5.91 Å². The van der Waals surface area contributed by atoms with Gasteiger partial charge in [0.25, 0.3) is 5.91 Å². The van der Waals surface area contributed by atoms with Gasteiger partial charge in [-0.15, -0.1) is 0 Å². The molecule has 3 aromatic carbocycles. The highest BCUT2D eigenvalue weighted by atomic mass is 19.1. The second-order valence-corrected chi connectivity index (χ2v) is 11.0. The first-order valence-electron chi connectivity index (χ1n) is 13.2. The van der Waals surface area contributed by atoms with E-state index in [1.165, 1.54) is 4.68 Å². The van der Waals surface area contributed by atoms with E-state index in [1.54, 1.807) is 6.20 Å². The quantitative estimate of drug-likeness (QED) is 0.264. The molecular formula is C32H36F2N4O. The van der Waals surface area contributed by atoms with Crippen LogP contribution in [-0.4, -0.2) is 33.7 Å². The number of rotatable bonds is 9. The molecule has 0 aliphatic rings. The van der Waals surface area contributed by atoms with Crippen LogP contribution in [0.25, 0.3) is 5.69 Å². The van der Waals surface area contributed by atoms with Crippen LogP contribution in [0.1, 0.15) is 66.0 Å². The van der Waals surface area contributed by atoms with Crippen molar-refractivity contribution in [3.05, 3.63) is 119 Å². The number of nitrogens with zero attached hydrogens (tertiary/aromatic N) is 3. The summed E-state index contributed by atoms with van der Waals surface area (Å²) in [5.41, 5.74) is 9.63. The van der Waals surface area contributed by atoms with Crippen LogP contribution in [0.4, 0.5) is 8.78 Å². The lowest BCUT2D eigenvalue weighted by molar-refractivity contribution is 0.0498. The topological polar surface area (TPSA) is 64.2 Å². The summed E-state index contributed by atoms with van der Waals surface area (Å²) in [5.74, 6) is -1.26. The van der Waals surface area contributed by atoms with E-state index in [2.05, 4.69) is 20.8 Å². The molecule has 0 saturated heterocycles. The SMILES string of the molecule is Cc1ccc(C(=O)N(CCCN)[C@@H](c2nn(-c3cc(F)ccc3F)cc2Cc2ccccc2)C(C)(C)C)cc1. The first kappa shape index (κ1) is 28.2. The average molecular weight is 531 g/mol. The Morgan fingerprint density at radius 3 is 2.36 bits per heavy atom. The van der Waals surface area contributed by atoms with Gasteiger partial charge in [0.2, 0.25) is 0 Å². The molecule has 7 heteroatoms. The minimum Gasteiger partial charge on any atom is -0.330 e. The van der Waals surface area contributed by atoms with Crippen molar-refractivity contribution in [2.24, 2.45) is 11.1 Å². The highest BCUT2D eigenvalue weighted by Crippen LogP contribution is 2.40. The summed E-state index contributed by atoms with van der Waals surface area (Å²) in [4.78, 5) is 15.8. The molecule has 204 valence electrons. The Labute approximate surface area is 229 Å². The monoisotopic (exact) mass is 530 g/mol. The van der Waals surface area contributed by atoms with Gasteiger partial charge in [0.1, 0.15) is 17.3 Å². The molecule has 5 nitrogen and oxygen atoms in total. The van der Waals surface area contributed by atoms with Gasteiger partial charge in [-0.1, -0.05) is 68.8 Å². The van der Waals surface area contributed by atoms with Crippen LogP contribution < -0.4 is 5.73 Å². The predicted molar refractivity (Wildman–Crippen MR) is 151 cm³/mol. The van der Waals surface area contributed by atoms with Gasteiger partial charge in [0, 0.05) is 36.4 Å². The molecule has 0 unspecified atom stereocenters. The van der Waals surface area contributed by atoms with Gasteiger partial charge in [-0.2, -0.15) is 5.10 Å². The predicted octanol–water partition coefficient (Wildman–Crippen LogP) is 6.63. The van der Waals surface area contributed by atoms with Gasteiger partial charge in [-0.05, 0) is 55.1 Å². The van der Waals surface area contributed by atoms with Gasteiger partial charge in [0.05, 0.1) is 11.7 Å². The third kappa shape index (κ3) is 6.60. The molecule has 0 saturated carbocycles. The number of carbonyl (C=O) groups is 1. The summed E-state index contributed by atoms with van der Waals surface area (Å²) in [5, 5.41) is 4.85. The van der Waals surface area contributed by atoms with Crippen LogP contribution in [0, 0.1) is 24.0 Å². The second-order valence-electron chi connectivity index (χ2n) is 11.0. The Kier molecular flexibility index (Phi) is 8.60. The Morgan fingerprint density at radius 2 is 1.72 bits per heavy atom. The van der Waals surface area contributed by atoms with E-state index in [-0.39, 0.29) is 11.6 Å². The van der Waals surface area contributed by atoms with Crippen LogP contribution in [0.15, 0.2) is 79.0 Å². The zero-order chi connectivity index (χ0) is 28.2. The van der Waals surface area contributed by atoms with E-state index in [1.807, 2.05) is 66.4 Å². The van der Waals surface area contributed by atoms with Gasteiger partial charge < -0.3 is 10.6 Å². The van der Waals surface area contributed by atoms with E-state index in [0.717, 1.165) is 34.9 Å². The molecule has 0 bridgehead atoms. The van der Waals surface area contributed by atoms with Crippen LogP contribution in [-0.2, 0) is 6.42 Å². The molecule has 1 heterocycles. The summed E-state index contributed by atoms with van der Waals surface area (Å²) in [7, 11) is 0. The highest BCUT2D eigenvalue weighted by molar-refractivity contribution is 5.94. The van der Waals surface area contributed by atoms with Crippen molar-refractivity contribution in [3.63, 3.8) is 0 Å². The Balaban J connectivity index is 1.89. The summed E-state index contributed by atoms with van der Waals surface area (Å²) in [6.45, 7) is 9.01. The Bertz CT molecular complexity index is 1410. The number of aromatic nitrogens is 2. The number of nitrogens with two attached hydrogens (primary N) is 1. The number of hydrogen-bond donors (Lipinski definition) is 1. The van der Waals surface area contributed by atoms with Crippen LogP contribution >= 0.6 is 0 Å². The van der Waals surface area contributed by atoms with Gasteiger partial charge in [-0.3, -0.25) is 4.79 Å². The maximum atomic E-state index is 14.9. The zero-order valence-electron chi connectivity index (χ0n) is 23.0.